The maximum Gasteiger partial charge on any atom is 0.272 e. The summed E-state index contributed by atoms with van der Waals surface area (Å²) in [5.41, 5.74) is 7.29. The van der Waals surface area contributed by atoms with Gasteiger partial charge in [-0.1, -0.05) is 0 Å². The number of rotatable bonds is 6. The smallest absolute Gasteiger partial charge is 0.272 e. The van der Waals surface area contributed by atoms with Gasteiger partial charge in [0.2, 0.25) is 0 Å². The summed E-state index contributed by atoms with van der Waals surface area (Å²) in [5.74, 6) is -0.816. The highest BCUT2D eigenvalue weighted by atomic mass is 32.2. The van der Waals surface area contributed by atoms with Gasteiger partial charge in [-0.05, 0) is 67.1 Å². The molecule has 0 spiro atoms. The van der Waals surface area contributed by atoms with Gasteiger partial charge in [-0.3, -0.25) is 9.00 Å². The van der Waals surface area contributed by atoms with Crippen molar-refractivity contribution in [2.45, 2.75) is 37.6 Å². The normalized spacial score (nSPS) is 13.5. The SMILES string of the molecule is Cc1cc(NC(=O)c2c(CCC(C)N)c(S(=O)[O-])cn2C)ccc1F. The molecule has 136 valence electrons. The second-order valence-electron chi connectivity index (χ2n) is 6.10. The van der Waals surface area contributed by atoms with E-state index in [1.165, 1.54) is 29.0 Å². The molecule has 0 fully saturated rings. The van der Waals surface area contributed by atoms with E-state index in [1.54, 1.807) is 14.0 Å². The summed E-state index contributed by atoms with van der Waals surface area (Å²) in [6.07, 6.45) is 2.32. The molecule has 1 aromatic carbocycles. The van der Waals surface area contributed by atoms with Gasteiger partial charge in [-0.2, -0.15) is 0 Å². The Morgan fingerprint density at radius 1 is 1.48 bits per heavy atom. The van der Waals surface area contributed by atoms with E-state index in [4.69, 9.17) is 5.73 Å². The molecule has 0 bridgehead atoms. The first-order valence-electron chi connectivity index (χ1n) is 7.81. The summed E-state index contributed by atoms with van der Waals surface area (Å²) in [4.78, 5) is 12.8. The van der Waals surface area contributed by atoms with Gasteiger partial charge in [0, 0.05) is 29.9 Å². The Labute approximate surface area is 148 Å². The molecule has 2 atom stereocenters. The summed E-state index contributed by atoms with van der Waals surface area (Å²) < 4.78 is 37.8. The van der Waals surface area contributed by atoms with Crippen molar-refractivity contribution in [1.29, 1.82) is 0 Å². The van der Waals surface area contributed by atoms with Gasteiger partial charge < -0.3 is 20.2 Å². The zero-order valence-electron chi connectivity index (χ0n) is 14.3. The van der Waals surface area contributed by atoms with E-state index < -0.39 is 17.0 Å². The lowest BCUT2D eigenvalue weighted by Crippen LogP contribution is -2.20. The van der Waals surface area contributed by atoms with Gasteiger partial charge in [-0.15, -0.1) is 0 Å². The highest BCUT2D eigenvalue weighted by Crippen LogP contribution is 2.23. The molecule has 2 rings (SSSR count). The molecule has 0 aliphatic heterocycles. The van der Waals surface area contributed by atoms with E-state index >= 15 is 0 Å². The minimum atomic E-state index is -2.46. The number of nitrogens with one attached hydrogen (secondary N) is 1. The molecule has 1 aromatic heterocycles. The van der Waals surface area contributed by atoms with E-state index in [9.17, 15) is 17.9 Å². The number of carbonyl (C=O) groups excluding carboxylic acids is 1. The van der Waals surface area contributed by atoms with Crippen molar-refractivity contribution in [3.05, 3.63) is 47.0 Å². The van der Waals surface area contributed by atoms with Crippen molar-refractivity contribution < 1.29 is 17.9 Å². The van der Waals surface area contributed by atoms with Gasteiger partial charge in [0.05, 0.1) is 0 Å². The lowest BCUT2D eigenvalue weighted by molar-refractivity contribution is 0.101. The molecule has 2 aromatic rings. The van der Waals surface area contributed by atoms with Crippen LogP contribution in [0.3, 0.4) is 0 Å². The first kappa shape index (κ1) is 19.3. The van der Waals surface area contributed by atoms with E-state index in [0.717, 1.165) is 0 Å². The Hall–Kier alpha value is -2.03. The quantitative estimate of drug-likeness (QED) is 0.766. The summed E-state index contributed by atoms with van der Waals surface area (Å²) in [6, 6.07) is 4.12. The minimum absolute atomic E-state index is 0.0867. The summed E-state index contributed by atoms with van der Waals surface area (Å²) in [6.45, 7) is 3.41. The van der Waals surface area contributed by atoms with E-state index in [-0.39, 0.29) is 22.4 Å². The van der Waals surface area contributed by atoms with Crippen LogP contribution >= 0.6 is 0 Å². The fourth-order valence-electron chi connectivity index (χ4n) is 2.62. The van der Waals surface area contributed by atoms with Crippen LogP contribution < -0.4 is 11.1 Å². The number of benzene rings is 1. The number of anilines is 1. The predicted octanol–water partition coefficient (Wildman–Crippen LogP) is 2.24. The van der Waals surface area contributed by atoms with Crippen LogP contribution in [0.4, 0.5) is 10.1 Å². The Kier molecular flexibility index (Phi) is 6.10. The largest absolute Gasteiger partial charge is 0.768 e. The van der Waals surface area contributed by atoms with Gasteiger partial charge in [0.15, 0.2) is 0 Å². The maximum atomic E-state index is 13.4. The number of amides is 1. The first-order valence-corrected chi connectivity index (χ1v) is 8.88. The third-order valence-corrected chi connectivity index (χ3v) is 4.62. The Morgan fingerprint density at radius 2 is 2.16 bits per heavy atom. The predicted molar refractivity (Wildman–Crippen MR) is 93.7 cm³/mol. The molecule has 0 radical (unpaired) electrons. The second kappa shape index (κ2) is 7.90. The molecule has 25 heavy (non-hydrogen) atoms. The molecule has 0 aliphatic rings. The Bertz CT molecular complexity index is 818. The third kappa shape index (κ3) is 4.53. The number of halogens is 1. The van der Waals surface area contributed by atoms with Crippen molar-refractivity contribution in [1.82, 2.24) is 4.57 Å². The molecule has 2 unspecified atom stereocenters. The molecule has 0 aliphatic carbocycles. The van der Waals surface area contributed by atoms with Crippen LogP contribution in [0.1, 0.15) is 35.0 Å². The van der Waals surface area contributed by atoms with Gasteiger partial charge in [0.1, 0.15) is 11.5 Å². The third-order valence-electron chi connectivity index (χ3n) is 3.91. The fraction of sp³-hybridized carbons (Fsp3) is 0.353. The number of carbonyl (C=O) groups is 1. The molecule has 0 saturated heterocycles. The number of nitrogens with two attached hydrogens (primary N) is 1. The van der Waals surface area contributed by atoms with Gasteiger partial charge in [-0.25, -0.2) is 4.39 Å². The van der Waals surface area contributed by atoms with E-state index in [1.807, 2.05) is 6.92 Å². The van der Waals surface area contributed by atoms with E-state index in [2.05, 4.69) is 5.32 Å². The average molecular weight is 366 g/mol. The Morgan fingerprint density at radius 3 is 2.72 bits per heavy atom. The lowest BCUT2D eigenvalue weighted by atomic mass is 10.1. The van der Waals surface area contributed by atoms with Crippen molar-refractivity contribution in [2.24, 2.45) is 12.8 Å². The van der Waals surface area contributed by atoms with Gasteiger partial charge >= 0.3 is 0 Å². The maximum absolute atomic E-state index is 13.4. The van der Waals surface area contributed by atoms with Crippen LogP contribution in [0.25, 0.3) is 0 Å². The highest BCUT2D eigenvalue weighted by Gasteiger charge is 2.21. The lowest BCUT2D eigenvalue weighted by Gasteiger charge is -2.12. The van der Waals surface area contributed by atoms with Crippen molar-refractivity contribution >= 4 is 22.7 Å². The summed E-state index contributed by atoms with van der Waals surface area (Å²) in [7, 11) is 1.61. The topological polar surface area (TPSA) is 100 Å². The van der Waals surface area contributed by atoms with Crippen LogP contribution in [-0.2, 0) is 24.5 Å². The number of hydrogen-bond acceptors (Lipinski definition) is 4. The highest BCUT2D eigenvalue weighted by molar-refractivity contribution is 7.79. The van der Waals surface area contributed by atoms with Crippen molar-refractivity contribution in [3.8, 4) is 0 Å². The zero-order valence-corrected chi connectivity index (χ0v) is 15.2. The number of aryl methyl sites for hydroxylation is 2. The van der Waals surface area contributed by atoms with Gasteiger partial charge in [0.25, 0.3) is 5.91 Å². The standard InChI is InChI=1S/C17H22FN3O3S/c1-10-8-12(5-7-14(10)18)20-17(22)16-13(6-4-11(2)19)15(25(23)24)9-21(16)3/h5,7-9,11H,4,6,19H2,1-3H3,(H,20,22)(H,23,24)/p-1. The fourth-order valence-corrected chi connectivity index (χ4v) is 3.26. The average Bonchev–Trinajstić information content (AvgIpc) is 2.85. The first-order chi connectivity index (χ1) is 11.7. The Balaban J connectivity index is 2.37. The molecule has 8 heteroatoms. The molecular formula is C17H21FN3O3S-. The van der Waals surface area contributed by atoms with E-state index in [0.29, 0.717) is 29.7 Å². The molecule has 3 N–H and O–H groups in total. The number of hydrogen-bond donors (Lipinski definition) is 2. The van der Waals surface area contributed by atoms with Crippen LogP contribution in [-0.4, -0.2) is 25.3 Å². The second-order valence-corrected chi connectivity index (χ2v) is 7.01. The summed E-state index contributed by atoms with van der Waals surface area (Å²) >= 11 is -2.46. The van der Waals surface area contributed by atoms with Crippen molar-refractivity contribution in [2.75, 3.05) is 5.32 Å². The van der Waals surface area contributed by atoms with Crippen LogP contribution in [0.15, 0.2) is 29.3 Å². The summed E-state index contributed by atoms with van der Waals surface area (Å²) in [5, 5.41) is 2.69. The molecular weight excluding hydrogens is 345 g/mol. The molecule has 0 saturated carbocycles. The molecule has 6 nitrogen and oxygen atoms in total. The number of nitrogens with zero attached hydrogens (tertiary/aromatic N) is 1. The molecule has 1 heterocycles. The van der Waals surface area contributed by atoms with Crippen LogP contribution in [0, 0.1) is 12.7 Å². The zero-order chi connectivity index (χ0) is 18.7. The van der Waals surface area contributed by atoms with Crippen molar-refractivity contribution in [3.63, 3.8) is 0 Å². The van der Waals surface area contributed by atoms with Crippen LogP contribution in [0.2, 0.25) is 0 Å². The number of aromatic nitrogens is 1. The van der Waals surface area contributed by atoms with Crippen LogP contribution in [0.5, 0.6) is 0 Å². The monoisotopic (exact) mass is 366 g/mol. The molecule has 1 amide bonds. The minimum Gasteiger partial charge on any atom is -0.768 e.